The summed E-state index contributed by atoms with van der Waals surface area (Å²) < 4.78 is 34.4. The summed E-state index contributed by atoms with van der Waals surface area (Å²) in [5.41, 5.74) is 7.72. The summed E-state index contributed by atoms with van der Waals surface area (Å²) in [6, 6.07) is 3.66. The zero-order valence-electron chi connectivity index (χ0n) is 22.8. The first kappa shape index (κ1) is 28.7. The van der Waals surface area contributed by atoms with E-state index in [1.54, 1.807) is 26.2 Å². The van der Waals surface area contributed by atoms with E-state index in [1.165, 1.54) is 25.3 Å². The second-order valence-corrected chi connectivity index (χ2v) is 10.2. The number of H-pyrrole nitrogens is 1. The van der Waals surface area contributed by atoms with Crippen LogP contribution >= 0.6 is 0 Å². The number of piperidine rings is 1. The van der Waals surface area contributed by atoms with Crippen molar-refractivity contribution in [2.45, 2.75) is 45.9 Å². The monoisotopic (exact) mass is 552 g/mol. The van der Waals surface area contributed by atoms with E-state index in [9.17, 15) is 13.6 Å². The Balaban J connectivity index is 1.45. The number of anilines is 3. The van der Waals surface area contributed by atoms with Gasteiger partial charge in [0.05, 0.1) is 46.8 Å². The molecule has 1 fully saturated rings. The fourth-order valence-corrected chi connectivity index (χ4v) is 4.78. The van der Waals surface area contributed by atoms with Crippen molar-refractivity contribution in [3.05, 3.63) is 65.8 Å². The van der Waals surface area contributed by atoms with E-state index >= 15 is 0 Å². The third-order valence-corrected chi connectivity index (χ3v) is 6.46. The number of rotatable bonds is 9. The number of imidazole rings is 1. The Labute approximate surface area is 231 Å². The molecule has 212 valence electrons. The summed E-state index contributed by atoms with van der Waals surface area (Å²) in [7, 11) is 0. The molecule has 0 aliphatic carbocycles. The van der Waals surface area contributed by atoms with Crippen molar-refractivity contribution in [2.24, 2.45) is 11.7 Å². The fourth-order valence-electron chi connectivity index (χ4n) is 4.78. The van der Waals surface area contributed by atoms with Crippen LogP contribution in [-0.4, -0.2) is 57.8 Å². The SMILES string of the molecule is CC(=O)NC1C(C)CN(c2ccncc2Nc2ncc(/C=C\C(=N)c3c(F)cc(OC(C)C)cc3F)[nH]2)CC1N. The van der Waals surface area contributed by atoms with Crippen molar-refractivity contribution in [3.8, 4) is 5.75 Å². The van der Waals surface area contributed by atoms with E-state index in [1.807, 2.05) is 6.07 Å². The number of aromatic nitrogens is 3. The highest BCUT2D eigenvalue weighted by atomic mass is 19.1. The van der Waals surface area contributed by atoms with Crippen LogP contribution in [0.3, 0.4) is 0 Å². The van der Waals surface area contributed by atoms with Gasteiger partial charge in [-0.1, -0.05) is 6.92 Å². The first-order chi connectivity index (χ1) is 19.0. The molecule has 10 nitrogen and oxygen atoms in total. The molecule has 1 saturated heterocycles. The molecule has 4 rings (SSSR count). The molecule has 1 aliphatic rings. The summed E-state index contributed by atoms with van der Waals surface area (Å²) in [6.45, 7) is 8.28. The first-order valence-electron chi connectivity index (χ1n) is 13.0. The van der Waals surface area contributed by atoms with E-state index in [2.05, 4.69) is 37.4 Å². The van der Waals surface area contributed by atoms with Gasteiger partial charge in [-0.15, -0.1) is 0 Å². The van der Waals surface area contributed by atoms with Gasteiger partial charge >= 0.3 is 0 Å². The van der Waals surface area contributed by atoms with Crippen LogP contribution in [0.1, 0.15) is 39.0 Å². The number of carbonyl (C=O) groups excluding carboxylic acids is 1. The van der Waals surface area contributed by atoms with Crippen molar-refractivity contribution < 1.29 is 18.3 Å². The van der Waals surface area contributed by atoms with Crippen molar-refractivity contribution in [2.75, 3.05) is 23.3 Å². The molecule has 3 unspecified atom stereocenters. The molecule has 0 saturated carbocycles. The highest BCUT2D eigenvalue weighted by Gasteiger charge is 2.33. The number of carbonyl (C=O) groups is 1. The minimum absolute atomic E-state index is 0.0677. The number of aromatic amines is 1. The number of allylic oxidation sites excluding steroid dienone is 1. The summed E-state index contributed by atoms with van der Waals surface area (Å²) >= 11 is 0. The average Bonchev–Trinajstić information content (AvgIpc) is 3.31. The van der Waals surface area contributed by atoms with Crippen LogP contribution in [0.25, 0.3) is 6.08 Å². The number of nitrogens with two attached hydrogens (primary N) is 1. The molecule has 6 N–H and O–H groups in total. The molecular weight excluding hydrogens is 518 g/mol. The topological polar surface area (TPSA) is 145 Å². The molecule has 0 spiro atoms. The smallest absolute Gasteiger partial charge is 0.217 e. The molecule has 3 atom stereocenters. The molecule has 0 radical (unpaired) electrons. The van der Waals surface area contributed by atoms with E-state index in [4.69, 9.17) is 15.9 Å². The number of ether oxygens (including phenoxy) is 1. The molecular formula is C28H34F2N8O2. The van der Waals surface area contributed by atoms with Crippen molar-refractivity contribution >= 4 is 35.0 Å². The van der Waals surface area contributed by atoms with E-state index in [-0.39, 0.29) is 41.5 Å². The number of benzene rings is 1. The van der Waals surface area contributed by atoms with Crippen molar-refractivity contribution in [1.29, 1.82) is 5.41 Å². The quantitative estimate of drug-likeness (QED) is 0.253. The zero-order valence-corrected chi connectivity index (χ0v) is 22.8. The van der Waals surface area contributed by atoms with Crippen LogP contribution in [0.4, 0.5) is 26.1 Å². The minimum Gasteiger partial charge on any atom is -0.491 e. The average molecular weight is 553 g/mol. The summed E-state index contributed by atoms with van der Waals surface area (Å²) in [5, 5.41) is 14.4. The van der Waals surface area contributed by atoms with E-state index < -0.39 is 17.2 Å². The third-order valence-electron chi connectivity index (χ3n) is 6.46. The largest absolute Gasteiger partial charge is 0.491 e. The van der Waals surface area contributed by atoms with Crippen LogP contribution < -0.4 is 26.0 Å². The molecule has 1 aliphatic heterocycles. The molecule has 1 aromatic carbocycles. The van der Waals surface area contributed by atoms with Gasteiger partial charge in [0.2, 0.25) is 11.9 Å². The Kier molecular flexibility index (Phi) is 8.78. The number of halogens is 2. The number of pyridine rings is 1. The Morgan fingerprint density at radius 1 is 1.27 bits per heavy atom. The number of nitrogens with one attached hydrogen (secondary N) is 4. The van der Waals surface area contributed by atoms with Gasteiger partial charge in [-0.05, 0) is 38.0 Å². The minimum atomic E-state index is -0.878. The van der Waals surface area contributed by atoms with Crippen LogP contribution in [0.15, 0.2) is 42.9 Å². The van der Waals surface area contributed by atoms with Gasteiger partial charge in [0.1, 0.15) is 17.4 Å². The maximum absolute atomic E-state index is 14.5. The molecule has 40 heavy (non-hydrogen) atoms. The summed E-state index contributed by atoms with van der Waals surface area (Å²) in [4.78, 5) is 25.3. The van der Waals surface area contributed by atoms with Gasteiger partial charge in [0, 0.05) is 50.4 Å². The highest BCUT2D eigenvalue weighted by molar-refractivity contribution is 6.09. The normalized spacial score (nSPS) is 19.2. The van der Waals surface area contributed by atoms with Gasteiger partial charge in [-0.25, -0.2) is 13.8 Å². The zero-order chi connectivity index (χ0) is 29.0. The Morgan fingerprint density at radius 2 is 2.00 bits per heavy atom. The maximum atomic E-state index is 14.5. The molecule has 12 heteroatoms. The van der Waals surface area contributed by atoms with Crippen molar-refractivity contribution in [3.63, 3.8) is 0 Å². The van der Waals surface area contributed by atoms with Crippen LogP contribution in [-0.2, 0) is 4.79 Å². The maximum Gasteiger partial charge on any atom is 0.217 e. The van der Waals surface area contributed by atoms with Gasteiger partial charge in [0.25, 0.3) is 0 Å². The Morgan fingerprint density at radius 3 is 2.65 bits per heavy atom. The number of hydrogen-bond acceptors (Lipinski definition) is 8. The van der Waals surface area contributed by atoms with Crippen LogP contribution in [0.2, 0.25) is 0 Å². The lowest BCUT2D eigenvalue weighted by Crippen LogP contribution is -2.61. The predicted octanol–water partition coefficient (Wildman–Crippen LogP) is 3.98. The van der Waals surface area contributed by atoms with Crippen molar-refractivity contribution in [1.82, 2.24) is 20.3 Å². The van der Waals surface area contributed by atoms with Gasteiger partial charge in [-0.2, -0.15) is 0 Å². The van der Waals surface area contributed by atoms with Crippen LogP contribution in [0.5, 0.6) is 5.75 Å². The second kappa shape index (κ2) is 12.2. The summed E-state index contributed by atoms with van der Waals surface area (Å²) in [6.07, 6.45) is 7.47. The van der Waals surface area contributed by atoms with Crippen LogP contribution in [0, 0.1) is 23.0 Å². The third kappa shape index (κ3) is 6.81. The molecule has 0 bridgehead atoms. The van der Waals surface area contributed by atoms with Gasteiger partial charge < -0.3 is 36.4 Å². The fraction of sp³-hybridized carbons (Fsp3) is 0.357. The number of amides is 1. The van der Waals surface area contributed by atoms with E-state index in [0.29, 0.717) is 30.4 Å². The number of nitrogens with zero attached hydrogens (tertiary/aromatic N) is 3. The standard InChI is InChI=1S/C28H34F2N8O2/c1-15(2)40-19-9-20(29)26(21(30)10-19)22(31)6-5-18-11-34-28(36-18)37-24-12-33-8-7-25(24)38-13-16(3)27(23(32)14-38)35-17(4)39/h5-12,15-16,23,27,31H,13-14,32H2,1-4H3,(H,35,39)(H2,34,36,37)/b6-5-,31-22?. The Hall–Kier alpha value is -4.32. The van der Waals surface area contributed by atoms with Gasteiger partial charge in [-0.3, -0.25) is 9.78 Å². The molecule has 2 aromatic heterocycles. The number of hydrogen-bond donors (Lipinski definition) is 5. The molecule has 3 aromatic rings. The predicted molar refractivity (Wildman–Crippen MR) is 151 cm³/mol. The summed E-state index contributed by atoms with van der Waals surface area (Å²) in [5.74, 6) is -1.25. The lowest BCUT2D eigenvalue weighted by molar-refractivity contribution is -0.120. The van der Waals surface area contributed by atoms with Gasteiger partial charge in [0.15, 0.2) is 0 Å². The lowest BCUT2D eigenvalue weighted by Gasteiger charge is -2.42. The Bertz CT molecular complexity index is 1370. The van der Waals surface area contributed by atoms with E-state index in [0.717, 1.165) is 17.8 Å². The first-order valence-corrected chi connectivity index (χ1v) is 13.0. The highest BCUT2D eigenvalue weighted by Crippen LogP contribution is 2.31. The molecule has 1 amide bonds. The lowest BCUT2D eigenvalue weighted by atomic mass is 9.89. The molecule has 3 heterocycles. The second-order valence-electron chi connectivity index (χ2n) is 10.2.